The van der Waals surface area contributed by atoms with E-state index in [1.54, 1.807) is 6.07 Å². The number of aryl methyl sites for hydroxylation is 1. The highest BCUT2D eigenvalue weighted by molar-refractivity contribution is 6.31. The standard InChI is InChI=1S/C20H17ClN2O/c1-15-6-8-16(9-7-15)10-11-18-12-13-20(24)23(22-18)14-17-4-2-3-5-19(17)21/h2-13H,14H2,1H3/b11-10+. The lowest BCUT2D eigenvalue weighted by molar-refractivity contribution is 0.636. The Morgan fingerprint density at radius 2 is 1.75 bits per heavy atom. The summed E-state index contributed by atoms with van der Waals surface area (Å²) in [7, 11) is 0. The minimum absolute atomic E-state index is 0.151. The largest absolute Gasteiger partial charge is 0.268 e. The first-order valence-corrected chi connectivity index (χ1v) is 8.06. The van der Waals surface area contributed by atoms with Crippen LogP contribution in [-0.2, 0) is 6.54 Å². The van der Waals surface area contributed by atoms with Gasteiger partial charge in [-0.3, -0.25) is 4.79 Å². The van der Waals surface area contributed by atoms with E-state index in [-0.39, 0.29) is 5.56 Å². The van der Waals surface area contributed by atoms with Gasteiger partial charge in [-0.15, -0.1) is 0 Å². The maximum absolute atomic E-state index is 12.0. The average molecular weight is 337 g/mol. The van der Waals surface area contributed by atoms with Crippen LogP contribution in [0.15, 0.2) is 65.5 Å². The zero-order valence-electron chi connectivity index (χ0n) is 13.3. The Bertz CT molecular complexity index is 927. The third-order valence-electron chi connectivity index (χ3n) is 3.69. The molecule has 0 saturated carbocycles. The van der Waals surface area contributed by atoms with Crippen molar-refractivity contribution in [2.24, 2.45) is 0 Å². The Morgan fingerprint density at radius 1 is 1.00 bits per heavy atom. The number of nitrogens with zero attached hydrogens (tertiary/aromatic N) is 2. The molecule has 0 fully saturated rings. The summed E-state index contributed by atoms with van der Waals surface area (Å²) in [6.07, 6.45) is 3.87. The van der Waals surface area contributed by atoms with Gasteiger partial charge in [-0.2, -0.15) is 5.10 Å². The van der Waals surface area contributed by atoms with Crippen LogP contribution in [0.4, 0.5) is 0 Å². The molecule has 120 valence electrons. The Balaban J connectivity index is 1.85. The molecule has 0 atom stereocenters. The molecule has 24 heavy (non-hydrogen) atoms. The van der Waals surface area contributed by atoms with Gasteiger partial charge in [-0.1, -0.05) is 65.7 Å². The van der Waals surface area contributed by atoms with Crippen LogP contribution < -0.4 is 5.56 Å². The Morgan fingerprint density at radius 3 is 2.50 bits per heavy atom. The lowest BCUT2D eigenvalue weighted by atomic mass is 10.1. The monoisotopic (exact) mass is 336 g/mol. The molecule has 3 aromatic rings. The predicted octanol–water partition coefficient (Wildman–Crippen LogP) is 4.42. The fourth-order valence-electron chi connectivity index (χ4n) is 2.31. The van der Waals surface area contributed by atoms with Crippen LogP contribution in [0.2, 0.25) is 5.02 Å². The summed E-state index contributed by atoms with van der Waals surface area (Å²) in [5.74, 6) is 0. The highest BCUT2D eigenvalue weighted by Crippen LogP contribution is 2.15. The lowest BCUT2D eigenvalue weighted by Crippen LogP contribution is -2.23. The topological polar surface area (TPSA) is 34.9 Å². The second-order valence-electron chi connectivity index (χ2n) is 5.59. The van der Waals surface area contributed by atoms with E-state index in [9.17, 15) is 4.79 Å². The van der Waals surface area contributed by atoms with Gasteiger partial charge in [0.2, 0.25) is 0 Å². The summed E-state index contributed by atoms with van der Waals surface area (Å²) < 4.78 is 1.43. The van der Waals surface area contributed by atoms with E-state index in [4.69, 9.17) is 11.6 Å². The smallest absolute Gasteiger partial charge is 0.267 e. The summed E-state index contributed by atoms with van der Waals surface area (Å²) in [4.78, 5) is 12.0. The third-order valence-corrected chi connectivity index (χ3v) is 4.06. The van der Waals surface area contributed by atoms with E-state index in [0.29, 0.717) is 11.6 Å². The molecule has 0 aliphatic heterocycles. The van der Waals surface area contributed by atoms with Crippen LogP contribution in [0.1, 0.15) is 22.4 Å². The fourth-order valence-corrected chi connectivity index (χ4v) is 2.51. The molecular weight excluding hydrogens is 320 g/mol. The van der Waals surface area contributed by atoms with E-state index in [0.717, 1.165) is 16.8 Å². The predicted molar refractivity (Wildman–Crippen MR) is 99.2 cm³/mol. The van der Waals surface area contributed by atoms with Crippen LogP contribution in [-0.4, -0.2) is 9.78 Å². The van der Waals surface area contributed by atoms with Crippen molar-refractivity contribution in [3.8, 4) is 0 Å². The molecule has 0 bridgehead atoms. The summed E-state index contributed by atoms with van der Waals surface area (Å²) in [5.41, 5.74) is 3.75. The molecule has 0 unspecified atom stereocenters. The summed E-state index contributed by atoms with van der Waals surface area (Å²) in [5, 5.41) is 5.03. The number of halogens is 1. The number of benzene rings is 2. The number of aromatic nitrogens is 2. The van der Waals surface area contributed by atoms with Crippen LogP contribution in [0.3, 0.4) is 0 Å². The van der Waals surface area contributed by atoms with E-state index in [1.165, 1.54) is 16.3 Å². The molecule has 0 N–H and O–H groups in total. The van der Waals surface area contributed by atoms with E-state index in [2.05, 4.69) is 24.2 Å². The number of hydrogen-bond donors (Lipinski definition) is 0. The highest BCUT2D eigenvalue weighted by Gasteiger charge is 2.03. The van der Waals surface area contributed by atoms with Gasteiger partial charge in [-0.05, 0) is 36.3 Å². The molecule has 0 radical (unpaired) electrons. The molecule has 0 amide bonds. The molecule has 0 saturated heterocycles. The molecule has 0 aliphatic carbocycles. The summed E-state index contributed by atoms with van der Waals surface area (Å²) in [6.45, 7) is 2.41. The van der Waals surface area contributed by atoms with Crippen molar-refractivity contribution < 1.29 is 0 Å². The first kappa shape index (κ1) is 16.2. The van der Waals surface area contributed by atoms with Crippen LogP contribution >= 0.6 is 11.6 Å². The summed E-state index contributed by atoms with van der Waals surface area (Å²) >= 11 is 6.16. The second-order valence-corrected chi connectivity index (χ2v) is 6.00. The van der Waals surface area contributed by atoms with Gasteiger partial charge in [0.05, 0.1) is 12.2 Å². The average Bonchev–Trinajstić information content (AvgIpc) is 2.59. The van der Waals surface area contributed by atoms with Crippen molar-refractivity contribution in [3.05, 3.63) is 98.4 Å². The van der Waals surface area contributed by atoms with Crippen molar-refractivity contribution in [1.29, 1.82) is 0 Å². The van der Waals surface area contributed by atoms with Gasteiger partial charge < -0.3 is 0 Å². The first-order chi connectivity index (χ1) is 11.6. The van der Waals surface area contributed by atoms with Gasteiger partial charge in [0.15, 0.2) is 0 Å². The van der Waals surface area contributed by atoms with Gasteiger partial charge in [-0.25, -0.2) is 4.68 Å². The first-order valence-electron chi connectivity index (χ1n) is 7.68. The zero-order chi connectivity index (χ0) is 16.9. The SMILES string of the molecule is Cc1ccc(/C=C/c2ccc(=O)n(Cc3ccccc3Cl)n2)cc1. The normalized spacial score (nSPS) is 11.1. The number of hydrogen-bond acceptors (Lipinski definition) is 2. The van der Waals surface area contributed by atoms with Gasteiger partial charge in [0, 0.05) is 11.1 Å². The van der Waals surface area contributed by atoms with Crippen molar-refractivity contribution in [2.45, 2.75) is 13.5 Å². The van der Waals surface area contributed by atoms with E-state index < -0.39 is 0 Å². The Hall–Kier alpha value is -2.65. The van der Waals surface area contributed by atoms with Crippen LogP contribution in [0.25, 0.3) is 12.2 Å². The van der Waals surface area contributed by atoms with E-state index in [1.807, 2.05) is 48.6 Å². The molecular formula is C20H17ClN2O. The number of rotatable bonds is 4. The van der Waals surface area contributed by atoms with Crippen molar-refractivity contribution in [3.63, 3.8) is 0 Å². The molecule has 3 rings (SSSR count). The highest BCUT2D eigenvalue weighted by atomic mass is 35.5. The van der Waals surface area contributed by atoms with Gasteiger partial charge in [0.25, 0.3) is 5.56 Å². The van der Waals surface area contributed by atoms with Crippen molar-refractivity contribution >= 4 is 23.8 Å². The van der Waals surface area contributed by atoms with Crippen LogP contribution in [0.5, 0.6) is 0 Å². The minimum atomic E-state index is -0.151. The Labute approximate surface area is 145 Å². The molecule has 4 heteroatoms. The van der Waals surface area contributed by atoms with Gasteiger partial charge >= 0.3 is 0 Å². The molecule has 1 aromatic heterocycles. The van der Waals surface area contributed by atoms with Gasteiger partial charge in [0.1, 0.15) is 0 Å². The van der Waals surface area contributed by atoms with E-state index >= 15 is 0 Å². The van der Waals surface area contributed by atoms with Crippen molar-refractivity contribution in [1.82, 2.24) is 9.78 Å². The quantitative estimate of drug-likeness (QED) is 0.706. The minimum Gasteiger partial charge on any atom is -0.268 e. The zero-order valence-corrected chi connectivity index (χ0v) is 14.1. The fraction of sp³-hybridized carbons (Fsp3) is 0.100. The third kappa shape index (κ3) is 4.00. The second kappa shape index (κ2) is 7.28. The van der Waals surface area contributed by atoms with Crippen LogP contribution in [0, 0.1) is 6.92 Å². The molecule has 2 aromatic carbocycles. The molecule has 3 nitrogen and oxygen atoms in total. The molecule has 1 heterocycles. The maximum Gasteiger partial charge on any atom is 0.267 e. The molecule has 0 aliphatic rings. The maximum atomic E-state index is 12.0. The summed E-state index contributed by atoms with van der Waals surface area (Å²) in [6, 6.07) is 18.9. The molecule has 0 spiro atoms. The lowest BCUT2D eigenvalue weighted by Gasteiger charge is -2.07. The Kier molecular flexibility index (Phi) is 4.92. The van der Waals surface area contributed by atoms with Crippen molar-refractivity contribution in [2.75, 3.05) is 0 Å².